The van der Waals surface area contributed by atoms with Gasteiger partial charge in [0.1, 0.15) is 11.4 Å². The Balaban J connectivity index is 1.80. The molecular weight excluding hydrogens is 408 g/mol. The van der Waals surface area contributed by atoms with Gasteiger partial charge in [-0.2, -0.15) is 0 Å². The summed E-state index contributed by atoms with van der Waals surface area (Å²) in [6.45, 7) is 3.81. The molecule has 1 aliphatic rings. The van der Waals surface area contributed by atoms with Gasteiger partial charge in [0.2, 0.25) is 0 Å². The van der Waals surface area contributed by atoms with Crippen LogP contribution in [0.1, 0.15) is 57.4 Å². The largest absolute Gasteiger partial charge is 0.487 e. The van der Waals surface area contributed by atoms with E-state index in [0.29, 0.717) is 22.4 Å². The molecule has 0 saturated carbocycles. The van der Waals surface area contributed by atoms with Crippen LogP contribution in [0.3, 0.4) is 0 Å². The molecule has 2 aromatic rings. The first-order chi connectivity index (χ1) is 14.6. The highest BCUT2D eigenvalue weighted by atomic mass is 19.3. The Labute approximate surface area is 179 Å². The maximum atomic E-state index is 13.1. The summed E-state index contributed by atoms with van der Waals surface area (Å²) in [7, 11) is 0. The number of nitrogens with one attached hydrogen (secondary N) is 1. The molecule has 166 valence electrons. The second-order valence-electron chi connectivity index (χ2n) is 7.66. The van der Waals surface area contributed by atoms with Crippen molar-refractivity contribution >= 4 is 11.8 Å². The van der Waals surface area contributed by atoms with Crippen LogP contribution >= 0.6 is 0 Å². The SMILES string of the molecule is Cc1cc(C(C)N2Cc3c(ccnc3C(=O)NCCO)C2=O)ccc1OCC(C)(F)F. The molecule has 0 radical (unpaired) electrons. The van der Waals surface area contributed by atoms with E-state index in [1.807, 2.05) is 6.92 Å². The van der Waals surface area contributed by atoms with Crippen LogP contribution in [0, 0.1) is 6.92 Å². The number of carbonyl (C=O) groups is 2. The zero-order valence-corrected chi connectivity index (χ0v) is 17.6. The highest BCUT2D eigenvalue weighted by Gasteiger charge is 2.35. The smallest absolute Gasteiger partial charge is 0.278 e. The van der Waals surface area contributed by atoms with E-state index in [0.717, 1.165) is 12.5 Å². The number of aryl methyl sites for hydroxylation is 1. The third-order valence-corrected chi connectivity index (χ3v) is 5.12. The zero-order chi connectivity index (χ0) is 22.8. The number of benzene rings is 1. The monoisotopic (exact) mass is 433 g/mol. The Morgan fingerprint density at radius 2 is 2.13 bits per heavy atom. The van der Waals surface area contributed by atoms with Crippen molar-refractivity contribution in [3.05, 3.63) is 58.4 Å². The van der Waals surface area contributed by atoms with Gasteiger partial charge in [-0.1, -0.05) is 12.1 Å². The topological polar surface area (TPSA) is 91.8 Å². The second kappa shape index (κ2) is 8.97. The second-order valence-corrected chi connectivity index (χ2v) is 7.66. The molecule has 3 rings (SSSR count). The lowest BCUT2D eigenvalue weighted by Crippen LogP contribution is -2.29. The van der Waals surface area contributed by atoms with Crippen LogP contribution in [0.5, 0.6) is 5.75 Å². The van der Waals surface area contributed by atoms with Crippen LogP contribution in [0.15, 0.2) is 30.5 Å². The quantitative estimate of drug-likeness (QED) is 0.668. The summed E-state index contributed by atoms with van der Waals surface area (Å²) in [5.74, 6) is -3.23. The lowest BCUT2D eigenvalue weighted by molar-refractivity contribution is -0.0231. The van der Waals surface area contributed by atoms with E-state index in [4.69, 9.17) is 9.84 Å². The molecule has 0 aliphatic carbocycles. The highest BCUT2D eigenvalue weighted by molar-refractivity contribution is 6.03. The van der Waals surface area contributed by atoms with Crippen LogP contribution in [0.4, 0.5) is 8.78 Å². The summed E-state index contributed by atoms with van der Waals surface area (Å²) >= 11 is 0. The Hall–Kier alpha value is -3.07. The van der Waals surface area contributed by atoms with E-state index in [2.05, 4.69) is 10.3 Å². The molecule has 9 heteroatoms. The summed E-state index contributed by atoms with van der Waals surface area (Å²) in [6.07, 6.45) is 1.42. The summed E-state index contributed by atoms with van der Waals surface area (Å²) < 4.78 is 31.3. The number of fused-ring (bicyclic) bond motifs is 1. The van der Waals surface area contributed by atoms with Crippen molar-refractivity contribution in [3.8, 4) is 5.75 Å². The lowest BCUT2D eigenvalue weighted by Gasteiger charge is -2.25. The fourth-order valence-corrected chi connectivity index (χ4v) is 3.49. The Kier molecular flexibility index (Phi) is 6.54. The third-order valence-electron chi connectivity index (χ3n) is 5.12. The van der Waals surface area contributed by atoms with Gasteiger partial charge in [0.15, 0.2) is 6.61 Å². The molecule has 7 nitrogen and oxygen atoms in total. The first kappa shape index (κ1) is 22.6. The summed E-state index contributed by atoms with van der Waals surface area (Å²) in [6, 6.07) is 6.42. The maximum Gasteiger partial charge on any atom is 0.278 e. The molecule has 2 heterocycles. The van der Waals surface area contributed by atoms with E-state index in [-0.39, 0.29) is 37.3 Å². The third kappa shape index (κ3) is 4.99. The van der Waals surface area contributed by atoms with Crippen molar-refractivity contribution in [1.29, 1.82) is 0 Å². The predicted octanol–water partition coefficient (Wildman–Crippen LogP) is 2.86. The molecule has 31 heavy (non-hydrogen) atoms. The number of nitrogens with zero attached hydrogens (tertiary/aromatic N) is 2. The number of hydrogen-bond acceptors (Lipinski definition) is 5. The first-order valence-electron chi connectivity index (χ1n) is 9.91. The minimum atomic E-state index is -2.93. The maximum absolute atomic E-state index is 13.1. The number of rotatable bonds is 8. The van der Waals surface area contributed by atoms with Crippen molar-refractivity contribution < 1.29 is 28.2 Å². The minimum Gasteiger partial charge on any atom is -0.487 e. The number of amides is 2. The number of carbonyl (C=O) groups excluding carboxylic acids is 2. The lowest BCUT2D eigenvalue weighted by atomic mass is 10.0. The molecule has 0 fully saturated rings. The summed E-state index contributed by atoms with van der Waals surface area (Å²) in [5.41, 5.74) is 2.61. The molecule has 0 spiro atoms. The summed E-state index contributed by atoms with van der Waals surface area (Å²) in [5, 5.41) is 11.5. The van der Waals surface area contributed by atoms with Crippen molar-refractivity contribution in [2.24, 2.45) is 0 Å². The molecule has 1 atom stereocenters. The van der Waals surface area contributed by atoms with Gasteiger partial charge in [0.25, 0.3) is 17.7 Å². The number of aromatic nitrogens is 1. The van der Waals surface area contributed by atoms with Gasteiger partial charge in [-0.25, -0.2) is 8.78 Å². The first-order valence-corrected chi connectivity index (χ1v) is 9.91. The van der Waals surface area contributed by atoms with Crippen molar-refractivity contribution in [3.63, 3.8) is 0 Å². The normalized spacial score (nSPS) is 14.4. The molecule has 1 aliphatic heterocycles. The number of aliphatic hydroxyl groups excluding tert-OH is 1. The standard InChI is InChI=1S/C22H25F2N3O4/c1-13-10-15(4-5-18(13)31-12-22(3,23)24)14(2)27-11-17-16(21(27)30)6-7-25-19(17)20(29)26-8-9-28/h4-7,10,14,28H,8-9,11-12H2,1-3H3,(H,26,29). The van der Waals surface area contributed by atoms with Crippen LogP contribution in [-0.4, -0.2) is 52.5 Å². The van der Waals surface area contributed by atoms with Gasteiger partial charge < -0.3 is 20.1 Å². The van der Waals surface area contributed by atoms with Crippen LogP contribution in [0.2, 0.25) is 0 Å². The zero-order valence-electron chi connectivity index (χ0n) is 17.6. The molecule has 2 N–H and O–H groups in total. The van der Waals surface area contributed by atoms with Crippen molar-refractivity contribution in [2.45, 2.75) is 39.3 Å². The fourth-order valence-electron chi connectivity index (χ4n) is 3.49. The van der Waals surface area contributed by atoms with Gasteiger partial charge in [-0.3, -0.25) is 14.6 Å². The van der Waals surface area contributed by atoms with Crippen LogP contribution in [0.25, 0.3) is 0 Å². The molecule has 1 aromatic carbocycles. The number of aliphatic hydroxyl groups is 1. The van der Waals surface area contributed by atoms with Crippen LogP contribution < -0.4 is 10.1 Å². The number of hydrogen-bond donors (Lipinski definition) is 2. The molecule has 1 aromatic heterocycles. The van der Waals surface area contributed by atoms with Gasteiger partial charge in [-0.05, 0) is 37.1 Å². The molecular formula is C22H25F2N3O4. The van der Waals surface area contributed by atoms with E-state index in [1.165, 1.54) is 6.20 Å². The summed E-state index contributed by atoms with van der Waals surface area (Å²) in [4.78, 5) is 31.1. The predicted molar refractivity (Wildman–Crippen MR) is 109 cm³/mol. The highest BCUT2D eigenvalue weighted by Crippen LogP contribution is 2.34. The number of ether oxygens (including phenoxy) is 1. The van der Waals surface area contributed by atoms with E-state index in [1.54, 1.807) is 36.1 Å². The molecule has 2 amide bonds. The number of alkyl halides is 2. The average molecular weight is 433 g/mol. The van der Waals surface area contributed by atoms with E-state index < -0.39 is 18.4 Å². The Morgan fingerprint density at radius 3 is 2.77 bits per heavy atom. The number of halogens is 2. The Morgan fingerprint density at radius 1 is 1.39 bits per heavy atom. The van der Waals surface area contributed by atoms with Gasteiger partial charge in [0, 0.05) is 37.3 Å². The van der Waals surface area contributed by atoms with Crippen molar-refractivity contribution in [1.82, 2.24) is 15.2 Å². The van der Waals surface area contributed by atoms with Crippen molar-refractivity contribution in [2.75, 3.05) is 19.8 Å². The van der Waals surface area contributed by atoms with E-state index >= 15 is 0 Å². The fraction of sp³-hybridized carbons (Fsp3) is 0.409. The minimum absolute atomic E-state index is 0.0932. The molecule has 0 saturated heterocycles. The van der Waals surface area contributed by atoms with Gasteiger partial charge in [0.05, 0.1) is 12.6 Å². The molecule has 0 bridgehead atoms. The van der Waals surface area contributed by atoms with Crippen LogP contribution in [-0.2, 0) is 6.54 Å². The Bertz CT molecular complexity index is 991. The number of pyridine rings is 1. The van der Waals surface area contributed by atoms with E-state index in [9.17, 15) is 18.4 Å². The average Bonchev–Trinajstić information content (AvgIpc) is 3.06. The molecule has 1 unspecified atom stereocenters. The van der Waals surface area contributed by atoms with Gasteiger partial charge in [-0.15, -0.1) is 0 Å². The van der Waals surface area contributed by atoms with Gasteiger partial charge >= 0.3 is 0 Å².